The van der Waals surface area contributed by atoms with Crippen LogP contribution in [0.4, 0.5) is 13.6 Å². The molecular weight excluding hydrogens is 308 g/mol. The molecule has 0 radical (unpaired) electrons. The van der Waals surface area contributed by atoms with Crippen LogP contribution in [0.15, 0.2) is 12.2 Å². The number of esters is 1. The monoisotopic (exact) mass is 333 g/mol. The van der Waals surface area contributed by atoms with Gasteiger partial charge in [-0.25, -0.2) is 18.4 Å². The van der Waals surface area contributed by atoms with Crippen LogP contribution in [0.5, 0.6) is 0 Å². The van der Waals surface area contributed by atoms with Gasteiger partial charge in [-0.2, -0.15) is 0 Å². The molecular formula is C16H25F2NO4. The predicted molar refractivity (Wildman–Crippen MR) is 81.3 cm³/mol. The number of alkyl halides is 2. The molecule has 132 valence electrons. The van der Waals surface area contributed by atoms with Crippen molar-refractivity contribution in [2.24, 2.45) is 0 Å². The number of rotatable bonds is 5. The van der Waals surface area contributed by atoms with Gasteiger partial charge in [0, 0.05) is 18.5 Å². The van der Waals surface area contributed by atoms with Crippen LogP contribution in [0, 0.1) is 0 Å². The summed E-state index contributed by atoms with van der Waals surface area (Å²) in [5.41, 5.74) is -0.733. The number of hydrogen-bond donors (Lipinski definition) is 0. The number of amides is 1. The Morgan fingerprint density at radius 1 is 1.35 bits per heavy atom. The van der Waals surface area contributed by atoms with Crippen LogP contribution in [0.3, 0.4) is 0 Å². The first-order chi connectivity index (χ1) is 10.5. The zero-order chi connectivity index (χ0) is 17.7. The number of hydrogen-bond acceptors (Lipinski definition) is 4. The molecule has 1 heterocycles. The summed E-state index contributed by atoms with van der Waals surface area (Å²) in [6.45, 7) is 6.42. The molecule has 0 N–H and O–H groups in total. The van der Waals surface area contributed by atoms with Crippen molar-refractivity contribution in [3.8, 4) is 0 Å². The van der Waals surface area contributed by atoms with Gasteiger partial charge in [-0.15, -0.1) is 0 Å². The molecule has 5 nitrogen and oxygen atoms in total. The molecule has 0 saturated carbocycles. The van der Waals surface area contributed by atoms with Crippen LogP contribution in [-0.4, -0.2) is 47.7 Å². The third-order valence-electron chi connectivity index (χ3n) is 3.21. The Morgan fingerprint density at radius 3 is 2.57 bits per heavy atom. The molecule has 0 aromatic heterocycles. The first-order valence-corrected chi connectivity index (χ1v) is 7.75. The zero-order valence-electron chi connectivity index (χ0n) is 14.1. The fourth-order valence-electron chi connectivity index (χ4n) is 2.35. The molecule has 0 bridgehead atoms. The third kappa shape index (κ3) is 6.97. The van der Waals surface area contributed by atoms with E-state index in [0.717, 1.165) is 4.90 Å². The van der Waals surface area contributed by atoms with Gasteiger partial charge in [0.25, 0.3) is 5.92 Å². The summed E-state index contributed by atoms with van der Waals surface area (Å²) in [5, 5.41) is 0. The van der Waals surface area contributed by atoms with Gasteiger partial charge in [0.2, 0.25) is 0 Å². The van der Waals surface area contributed by atoms with E-state index in [4.69, 9.17) is 9.47 Å². The molecule has 0 unspecified atom stereocenters. The molecule has 0 aromatic carbocycles. The number of allylic oxidation sites excluding steroid dienone is 1. The van der Waals surface area contributed by atoms with Crippen LogP contribution in [0.1, 0.15) is 47.0 Å². The summed E-state index contributed by atoms with van der Waals surface area (Å²) in [7, 11) is 0. The molecule has 0 aliphatic carbocycles. The first kappa shape index (κ1) is 19.4. The summed E-state index contributed by atoms with van der Waals surface area (Å²) < 4.78 is 37.2. The number of ether oxygens (including phenoxy) is 2. The molecule has 1 aliphatic rings. The third-order valence-corrected chi connectivity index (χ3v) is 3.21. The molecule has 7 heteroatoms. The Labute approximate surface area is 135 Å². The highest BCUT2D eigenvalue weighted by Crippen LogP contribution is 2.35. The summed E-state index contributed by atoms with van der Waals surface area (Å²) in [6.07, 6.45) is 2.47. The van der Waals surface area contributed by atoms with Crippen molar-refractivity contribution >= 4 is 12.1 Å². The van der Waals surface area contributed by atoms with Gasteiger partial charge in [0.15, 0.2) is 0 Å². The lowest BCUT2D eigenvalue weighted by atomic mass is 10.1. The van der Waals surface area contributed by atoms with Crippen molar-refractivity contribution < 1.29 is 27.8 Å². The minimum atomic E-state index is -2.91. The second-order valence-electron chi connectivity index (χ2n) is 6.55. The fourth-order valence-corrected chi connectivity index (χ4v) is 2.35. The number of likely N-dealkylation sites (tertiary alicyclic amines) is 1. The summed E-state index contributed by atoms with van der Waals surface area (Å²) in [5.74, 6) is -3.37. The second-order valence-corrected chi connectivity index (χ2v) is 6.55. The van der Waals surface area contributed by atoms with Crippen LogP contribution in [-0.2, 0) is 14.3 Å². The van der Waals surface area contributed by atoms with Gasteiger partial charge in [-0.3, -0.25) is 4.90 Å². The summed E-state index contributed by atoms with van der Waals surface area (Å²) in [6, 6.07) is -0.605. The van der Waals surface area contributed by atoms with Gasteiger partial charge in [0.05, 0.1) is 13.2 Å². The second kappa shape index (κ2) is 7.75. The topological polar surface area (TPSA) is 55.8 Å². The van der Waals surface area contributed by atoms with Crippen LogP contribution >= 0.6 is 0 Å². The van der Waals surface area contributed by atoms with Gasteiger partial charge in [-0.05, 0) is 40.5 Å². The van der Waals surface area contributed by atoms with E-state index >= 15 is 0 Å². The highest BCUT2D eigenvalue weighted by atomic mass is 19.3. The molecule has 1 amide bonds. The SMILES string of the molecule is CCOC(=O)C=CCC[C@@H]1CC(F)(F)CN1C(=O)OC(C)(C)C. The maximum Gasteiger partial charge on any atom is 0.410 e. The molecule has 1 fully saturated rings. The molecule has 0 spiro atoms. The summed E-state index contributed by atoms with van der Waals surface area (Å²) >= 11 is 0. The van der Waals surface area contributed by atoms with Crippen molar-refractivity contribution in [3.05, 3.63) is 12.2 Å². The standard InChI is InChI=1S/C16H25F2NO4/c1-5-22-13(20)9-7-6-8-12-10-16(17,18)11-19(12)14(21)23-15(2,3)4/h7,9,12H,5-6,8,10-11H2,1-4H3/t12-/m1/s1. The molecule has 1 saturated heterocycles. The van der Waals surface area contributed by atoms with Crippen molar-refractivity contribution in [3.63, 3.8) is 0 Å². The van der Waals surface area contributed by atoms with E-state index < -0.39 is 36.2 Å². The Kier molecular flexibility index (Phi) is 6.53. The largest absolute Gasteiger partial charge is 0.463 e. The minimum Gasteiger partial charge on any atom is -0.463 e. The predicted octanol–water partition coefficient (Wildman–Crippen LogP) is 3.53. The van der Waals surface area contributed by atoms with Crippen LogP contribution < -0.4 is 0 Å². The summed E-state index contributed by atoms with van der Waals surface area (Å²) in [4.78, 5) is 24.3. The van der Waals surface area contributed by atoms with Crippen molar-refractivity contribution in [1.82, 2.24) is 4.90 Å². The van der Waals surface area contributed by atoms with E-state index in [2.05, 4.69) is 0 Å². The van der Waals surface area contributed by atoms with E-state index in [1.807, 2.05) is 0 Å². The van der Waals surface area contributed by atoms with E-state index in [9.17, 15) is 18.4 Å². The van der Waals surface area contributed by atoms with Gasteiger partial charge < -0.3 is 9.47 Å². The Balaban J connectivity index is 2.60. The van der Waals surface area contributed by atoms with Crippen molar-refractivity contribution in [2.45, 2.75) is 64.5 Å². The lowest BCUT2D eigenvalue weighted by molar-refractivity contribution is -0.137. The van der Waals surface area contributed by atoms with Crippen LogP contribution in [0.2, 0.25) is 0 Å². The zero-order valence-corrected chi connectivity index (χ0v) is 14.1. The average Bonchev–Trinajstić information content (AvgIpc) is 2.68. The minimum absolute atomic E-state index is 0.282. The van der Waals surface area contributed by atoms with E-state index in [0.29, 0.717) is 12.8 Å². The highest BCUT2D eigenvalue weighted by Gasteiger charge is 2.47. The van der Waals surface area contributed by atoms with Gasteiger partial charge in [0.1, 0.15) is 5.60 Å². The van der Waals surface area contributed by atoms with Crippen molar-refractivity contribution in [2.75, 3.05) is 13.2 Å². The molecule has 0 aromatic rings. The van der Waals surface area contributed by atoms with Gasteiger partial charge in [-0.1, -0.05) is 6.08 Å². The number of carbonyl (C=O) groups excluding carboxylic acids is 2. The first-order valence-electron chi connectivity index (χ1n) is 7.75. The van der Waals surface area contributed by atoms with Crippen LogP contribution in [0.25, 0.3) is 0 Å². The van der Waals surface area contributed by atoms with E-state index in [-0.39, 0.29) is 13.0 Å². The smallest absolute Gasteiger partial charge is 0.410 e. The normalized spacial score (nSPS) is 20.8. The van der Waals surface area contributed by atoms with E-state index in [1.165, 1.54) is 6.08 Å². The quantitative estimate of drug-likeness (QED) is 0.570. The Bertz CT molecular complexity index is 457. The molecule has 1 atom stereocenters. The lowest BCUT2D eigenvalue weighted by Crippen LogP contribution is -2.40. The van der Waals surface area contributed by atoms with Gasteiger partial charge >= 0.3 is 12.1 Å². The highest BCUT2D eigenvalue weighted by molar-refractivity contribution is 5.81. The molecule has 1 rings (SSSR count). The molecule has 1 aliphatic heterocycles. The number of nitrogens with zero attached hydrogens (tertiary/aromatic N) is 1. The number of halogens is 2. The number of carbonyl (C=O) groups is 2. The van der Waals surface area contributed by atoms with E-state index in [1.54, 1.807) is 33.8 Å². The maximum atomic E-state index is 13.6. The maximum absolute atomic E-state index is 13.6. The lowest BCUT2D eigenvalue weighted by Gasteiger charge is -2.28. The Hall–Kier alpha value is -1.66. The Morgan fingerprint density at radius 2 is 2.00 bits per heavy atom. The molecule has 23 heavy (non-hydrogen) atoms. The average molecular weight is 333 g/mol. The van der Waals surface area contributed by atoms with Crippen molar-refractivity contribution in [1.29, 1.82) is 0 Å². The fraction of sp³-hybridized carbons (Fsp3) is 0.750.